The van der Waals surface area contributed by atoms with Crippen LogP contribution in [0.4, 0.5) is 5.69 Å². The third-order valence-corrected chi connectivity index (χ3v) is 4.24. The Kier molecular flexibility index (Phi) is 4.33. The van der Waals surface area contributed by atoms with E-state index in [1.807, 2.05) is 43.4 Å². The van der Waals surface area contributed by atoms with Crippen LogP contribution in [0.3, 0.4) is 0 Å². The minimum atomic E-state index is -0.580. The molecule has 2 aromatic carbocycles. The molecule has 1 heterocycles. The standard InChI is InChI=1S/C18H19N3O4/c1-20(2)18(11-4-7-17(22)16(8-11)21(23)24)14-10-19-15-6-5-12(25-3)9-13(14)15/h4-10,18-19,22H,1-3H3. The number of nitrogens with one attached hydrogen (secondary N) is 1. The van der Waals surface area contributed by atoms with Gasteiger partial charge >= 0.3 is 5.69 Å². The Bertz CT molecular complexity index is 933. The number of H-pyrrole nitrogens is 1. The summed E-state index contributed by atoms with van der Waals surface area (Å²) in [6.45, 7) is 0. The maximum Gasteiger partial charge on any atom is 0.311 e. The van der Waals surface area contributed by atoms with E-state index in [1.54, 1.807) is 13.2 Å². The highest BCUT2D eigenvalue weighted by atomic mass is 16.6. The molecule has 3 aromatic rings. The van der Waals surface area contributed by atoms with Crippen LogP contribution in [0, 0.1) is 10.1 Å². The topological polar surface area (TPSA) is 91.6 Å². The van der Waals surface area contributed by atoms with Crippen LogP contribution in [0.5, 0.6) is 11.5 Å². The van der Waals surface area contributed by atoms with E-state index in [1.165, 1.54) is 12.1 Å². The van der Waals surface area contributed by atoms with Crippen LogP contribution >= 0.6 is 0 Å². The quantitative estimate of drug-likeness (QED) is 0.548. The van der Waals surface area contributed by atoms with Gasteiger partial charge in [0.15, 0.2) is 5.75 Å². The van der Waals surface area contributed by atoms with E-state index in [0.717, 1.165) is 27.8 Å². The maximum absolute atomic E-state index is 11.2. The number of aromatic hydroxyl groups is 1. The molecule has 0 fully saturated rings. The van der Waals surface area contributed by atoms with Crippen molar-refractivity contribution in [3.8, 4) is 11.5 Å². The van der Waals surface area contributed by atoms with Crippen LogP contribution in [-0.2, 0) is 0 Å². The number of aromatic nitrogens is 1. The Morgan fingerprint density at radius 3 is 2.64 bits per heavy atom. The third kappa shape index (κ3) is 3.01. The molecule has 1 aromatic heterocycles. The monoisotopic (exact) mass is 341 g/mol. The summed E-state index contributed by atoms with van der Waals surface area (Å²) < 4.78 is 5.31. The van der Waals surface area contributed by atoms with E-state index in [-0.39, 0.29) is 17.5 Å². The number of phenols is 1. The molecule has 7 nitrogen and oxygen atoms in total. The van der Waals surface area contributed by atoms with Crippen molar-refractivity contribution in [3.63, 3.8) is 0 Å². The summed E-state index contributed by atoms with van der Waals surface area (Å²) in [5.74, 6) is 0.398. The Morgan fingerprint density at radius 2 is 2.00 bits per heavy atom. The lowest BCUT2D eigenvalue weighted by atomic mass is 9.96. The van der Waals surface area contributed by atoms with Crippen molar-refractivity contribution in [2.75, 3.05) is 21.2 Å². The molecule has 2 N–H and O–H groups in total. The Hall–Kier alpha value is -3.06. The lowest BCUT2D eigenvalue weighted by Gasteiger charge is -2.24. The van der Waals surface area contributed by atoms with E-state index in [2.05, 4.69) is 4.98 Å². The molecule has 0 saturated carbocycles. The number of nitro groups is 1. The highest BCUT2D eigenvalue weighted by Crippen LogP contribution is 2.37. The molecular weight excluding hydrogens is 322 g/mol. The molecule has 7 heteroatoms. The van der Waals surface area contributed by atoms with Gasteiger partial charge in [-0.15, -0.1) is 0 Å². The van der Waals surface area contributed by atoms with Crippen LogP contribution in [-0.4, -0.2) is 41.1 Å². The van der Waals surface area contributed by atoms with Gasteiger partial charge in [0.25, 0.3) is 0 Å². The fourth-order valence-electron chi connectivity index (χ4n) is 3.09. The summed E-state index contributed by atoms with van der Waals surface area (Å²) in [6.07, 6.45) is 1.90. The van der Waals surface area contributed by atoms with Crippen LogP contribution in [0.25, 0.3) is 10.9 Å². The van der Waals surface area contributed by atoms with Gasteiger partial charge < -0.3 is 14.8 Å². The zero-order valence-electron chi connectivity index (χ0n) is 14.2. The van der Waals surface area contributed by atoms with Crippen molar-refractivity contribution in [1.82, 2.24) is 9.88 Å². The zero-order valence-corrected chi connectivity index (χ0v) is 14.2. The average Bonchev–Trinajstić information content (AvgIpc) is 2.98. The fourth-order valence-corrected chi connectivity index (χ4v) is 3.09. The van der Waals surface area contributed by atoms with Crippen molar-refractivity contribution in [3.05, 3.63) is 63.8 Å². The van der Waals surface area contributed by atoms with Gasteiger partial charge in [-0.2, -0.15) is 0 Å². The molecule has 0 radical (unpaired) electrons. The number of fused-ring (bicyclic) bond motifs is 1. The number of methoxy groups -OCH3 is 1. The second-order valence-electron chi connectivity index (χ2n) is 6.03. The van der Waals surface area contributed by atoms with Gasteiger partial charge in [0, 0.05) is 23.2 Å². The summed E-state index contributed by atoms with van der Waals surface area (Å²) in [5, 5.41) is 21.9. The number of phenolic OH excluding ortho intramolecular Hbond substituents is 1. The first-order valence-corrected chi connectivity index (χ1v) is 7.71. The summed E-state index contributed by atoms with van der Waals surface area (Å²) in [4.78, 5) is 15.8. The smallest absolute Gasteiger partial charge is 0.311 e. The van der Waals surface area contributed by atoms with Gasteiger partial charge in [0.2, 0.25) is 0 Å². The van der Waals surface area contributed by atoms with Crippen LogP contribution in [0.15, 0.2) is 42.6 Å². The zero-order chi connectivity index (χ0) is 18.1. The van der Waals surface area contributed by atoms with Gasteiger partial charge in [0.05, 0.1) is 18.1 Å². The molecular formula is C18H19N3O4. The predicted molar refractivity (Wildman–Crippen MR) is 95.1 cm³/mol. The van der Waals surface area contributed by atoms with E-state index in [4.69, 9.17) is 4.74 Å². The van der Waals surface area contributed by atoms with Crippen molar-refractivity contribution >= 4 is 16.6 Å². The lowest BCUT2D eigenvalue weighted by Crippen LogP contribution is -2.21. The Morgan fingerprint density at radius 1 is 1.24 bits per heavy atom. The number of nitro benzene ring substituents is 1. The SMILES string of the molecule is COc1ccc2[nH]cc(C(c3ccc(O)c([N+](=O)[O-])c3)N(C)C)c2c1. The molecule has 0 bridgehead atoms. The second-order valence-corrected chi connectivity index (χ2v) is 6.03. The van der Waals surface area contributed by atoms with E-state index < -0.39 is 4.92 Å². The second kappa shape index (κ2) is 6.45. The summed E-state index contributed by atoms with van der Waals surface area (Å²) >= 11 is 0. The number of ether oxygens (including phenoxy) is 1. The van der Waals surface area contributed by atoms with Crippen molar-refractivity contribution in [1.29, 1.82) is 0 Å². The molecule has 3 rings (SSSR count). The molecule has 0 saturated heterocycles. The highest BCUT2D eigenvalue weighted by Gasteiger charge is 2.24. The van der Waals surface area contributed by atoms with Gasteiger partial charge in [-0.1, -0.05) is 6.07 Å². The first-order chi connectivity index (χ1) is 11.9. The third-order valence-electron chi connectivity index (χ3n) is 4.24. The minimum absolute atomic E-state index is 0.222. The van der Waals surface area contributed by atoms with Crippen molar-refractivity contribution in [2.24, 2.45) is 0 Å². The molecule has 0 spiro atoms. The first-order valence-electron chi connectivity index (χ1n) is 7.71. The van der Waals surface area contributed by atoms with E-state index >= 15 is 0 Å². The predicted octanol–water partition coefficient (Wildman–Crippen LogP) is 3.44. The number of benzene rings is 2. The highest BCUT2D eigenvalue weighted by molar-refractivity contribution is 5.85. The number of nitrogens with zero attached hydrogens (tertiary/aromatic N) is 2. The van der Waals surface area contributed by atoms with Crippen LogP contribution in [0.2, 0.25) is 0 Å². The molecule has 130 valence electrons. The molecule has 1 atom stereocenters. The van der Waals surface area contributed by atoms with Gasteiger partial charge in [-0.05, 0) is 49.5 Å². The summed E-state index contributed by atoms with van der Waals surface area (Å²) in [6, 6.07) is 10.00. The first kappa shape index (κ1) is 16.8. The largest absolute Gasteiger partial charge is 0.502 e. The Labute approximate surface area is 144 Å². The normalized spacial score (nSPS) is 12.5. The van der Waals surface area contributed by atoms with Gasteiger partial charge in [-0.25, -0.2) is 0 Å². The summed E-state index contributed by atoms with van der Waals surface area (Å²) in [7, 11) is 5.42. The van der Waals surface area contributed by atoms with E-state index in [9.17, 15) is 15.2 Å². The molecule has 0 aliphatic carbocycles. The number of rotatable bonds is 5. The molecule has 25 heavy (non-hydrogen) atoms. The molecule has 1 unspecified atom stereocenters. The van der Waals surface area contributed by atoms with Crippen LogP contribution < -0.4 is 4.74 Å². The number of hydrogen-bond donors (Lipinski definition) is 2. The van der Waals surface area contributed by atoms with Gasteiger partial charge in [-0.3, -0.25) is 15.0 Å². The van der Waals surface area contributed by atoms with Crippen molar-refractivity contribution in [2.45, 2.75) is 6.04 Å². The molecule has 0 aliphatic rings. The van der Waals surface area contributed by atoms with E-state index in [0.29, 0.717) is 0 Å². The van der Waals surface area contributed by atoms with Crippen LogP contribution in [0.1, 0.15) is 17.2 Å². The van der Waals surface area contributed by atoms with Gasteiger partial charge in [0.1, 0.15) is 5.75 Å². The number of aromatic amines is 1. The molecule has 0 amide bonds. The average molecular weight is 341 g/mol. The minimum Gasteiger partial charge on any atom is -0.502 e. The lowest BCUT2D eigenvalue weighted by molar-refractivity contribution is -0.385. The number of hydrogen-bond acceptors (Lipinski definition) is 5. The summed E-state index contributed by atoms with van der Waals surface area (Å²) in [5.41, 5.74) is 2.34. The van der Waals surface area contributed by atoms with Crippen molar-refractivity contribution < 1.29 is 14.8 Å². The maximum atomic E-state index is 11.2. The Balaban J connectivity index is 2.18. The molecule has 0 aliphatic heterocycles. The fraction of sp³-hybridized carbons (Fsp3) is 0.222.